The molecule has 0 aliphatic rings. The Bertz CT molecular complexity index is 612. The minimum Gasteiger partial charge on any atom is -0.342 e. The number of H-pyrrole nitrogens is 1. The normalized spacial score (nSPS) is 11.2. The number of aromatic nitrogens is 4. The predicted octanol–water partition coefficient (Wildman–Crippen LogP) is 1.81. The van der Waals surface area contributed by atoms with Gasteiger partial charge in [0.05, 0.1) is 11.0 Å². The van der Waals surface area contributed by atoms with E-state index in [1.54, 1.807) is 12.4 Å². The van der Waals surface area contributed by atoms with E-state index in [9.17, 15) is 0 Å². The fourth-order valence-electron chi connectivity index (χ4n) is 1.63. The Kier molecular flexibility index (Phi) is 1.33. The number of hydrogen-bond donors (Lipinski definition) is 1. The lowest BCUT2D eigenvalue weighted by atomic mass is 10.2. The van der Waals surface area contributed by atoms with E-state index in [2.05, 4.69) is 19.9 Å². The van der Waals surface area contributed by atoms with Gasteiger partial charge in [0.2, 0.25) is 0 Å². The summed E-state index contributed by atoms with van der Waals surface area (Å²) in [5, 5.41) is 0. The van der Waals surface area contributed by atoms with Crippen LogP contribution >= 0.6 is 0 Å². The summed E-state index contributed by atoms with van der Waals surface area (Å²) in [4.78, 5) is 16.1. The van der Waals surface area contributed by atoms with Crippen LogP contribution in [0.5, 0.6) is 0 Å². The molecule has 0 saturated heterocycles. The van der Waals surface area contributed by atoms with E-state index in [0.717, 1.165) is 27.9 Å². The third kappa shape index (κ3) is 0.907. The maximum Gasteiger partial charge on any atom is 0.116 e. The zero-order valence-electron chi connectivity index (χ0n) is 7.65. The summed E-state index contributed by atoms with van der Waals surface area (Å²) in [7, 11) is 0. The van der Waals surface area contributed by atoms with Crippen molar-refractivity contribution in [2.24, 2.45) is 0 Å². The molecule has 68 valence electrons. The summed E-state index contributed by atoms with van der Waals surface area (Å²) in [5.74, 6) is 0.901. The van der Waals surface area contributed by atoms with Crippen molar-refractivity contribution in [3.63, 3.8) is 0 Å². The van der Waals surface area contributed by atoms with Crippen molar-refractivity contribution in [3.05, 3.63) is 30.4 Å². The molecule has 1 N–H and O–H groups in total. The second kappa shape index (κ2) is 2.51. The van der Waals surface area contributed by atoms with E-state index in [1.165, 1.54) is 0 Å². The average molecular weight is 184 g/mol. The number of nitrogens with zero attached hydrogens (tertiary/aromatic N) is 3. The standard InChI is InChI=1S/C10H8N4/c1-6-13-8-3-2-7-9(10(8)14-6)12-5-4-11-7/h2-5H,1H3,(H,13,14). The molecule has 3 rings (SSSR count). The molecule has 14 heavy (non-hydrogen) atoms. The van der Waals surface area contributed by atoms with Gasteiger partial charge in [-0.3, -0.25) is 9.97 Å². The van der Waals surface area contributed by atoms with Crippen LogP contribution in [0.4, 0.5) is 0 Å². The van der Waals surface area contributed by atoms with Crippen molar-refractivity contribution >= 4 is 22.1 Å². The summed E-state index contributed by atoms with van der Waals surface area (Å²) in [6, 6.07) is 3.93. The second-order valence-corrected chi connectivity index (χ2v) is 3.21. The molecule has 2 heterocycles. The first-order valence-electron chi connectivity index (χ1n) is 4.40. The van der Waals surface area contributed by atoms with Crippen LogP contribution in [0.25, 0.3) is 22.1 Å². The Morgan fingerprint density at radius 1 is 1.07 bits per heavy atom. The van der Waals surface area contributed by atoms with Crippen molar-refractivity contribution in [2.45, 2.75) is 6.92 Å². The maximum atomic E-state index is 4.38. The summed E-state index contributed by atoms with van der Waals surface area (Å²) in [5.41, 5.74) is 3.64. The predicted molar refractivity (Wildman–Crippen MR) is 53.9 cm³/mol. The van der Waals surface area contributed by atoms with Crippen LogP contribution in [0.1, 0.15) is 5.82 Å². The van der Waals surface area contributed by atoms with E-state index in [0.29, 0.717) is 0 Å². The molecule has 0 aliphatic carbocycles. The molecule has 2 aromatic heterocycles. The molecule has 0 bridgehead atoms. The molecule has 0 amide bonds. The minimum atomic E-state index is 0.856. The molecular formula is C10H8N4. The topological polar surface area (TPSA) is 54.5 Å². The van der Waals surface area contributed by atoms with Crippen LogP contribution in [-0.2, 0) is 0 Å². The molecule has 0 atom stereocenters. The molecule has 0 unspecified atom stereocenters. The molecule has 4 nitrogen and oxygen atoms in total. The first kappa shape index (κ1) is 7.44. The van der Waals surface area contributed by atoms with Crippen molar-refractivity contribution in [2.75, 3.05) is 0 Å². The van der Waals surface area contributed by atoms with Crippen LogP contribution in [-0.4, -0.2) is 19.9 Å². The number of aryl methyl sites for hydroxylation is 1. The highest BCUT2D eigenvalue weighted by atomic mass is 14.9. The Morgan fingerprint density at radius 2 is 1.93 bits per heavy atom. The summed E-state index contributed by atoms with van der Waals surface area (Å²) in [6.07, 6.45) is 3.37. The lowest BCUT2D eigenvalue weighted by Gasteiger charge is -1.94. The first-order chi connectivity index (χ1) is 6.84. The van der Waals surface area contributed by atoms with Gasteiger partial charge in [-0.25, -0.2) is 4.98 Å². The zero-order chi connectivity index (χ0) is 9.54. The Hall–Kier alpha value is -1.97. The first-order valence-corrected chi connectivity index (χ1v) is 4.40. The Balaban J connectivity index is 2.60. The van der Waals surface area contributed by atoms with Crippen LogP contribution in [0, 0.1) is 6.92 Å². The highest BCUT2D eigenvalue weighted by molar-refractivity contribution is 5.99. The molecule has 3 aromatic rings. The highest BCUT2D eigenvalue weighted by Gasteiger charge is 2.05. The average Bonchev–Trinajstić information content (AvgIpc) is 2.59. The Labute approximate surface area is 80.0 Å². The van der Waals surface area contributed by atoms with Crippen LogP contribution in [0.15, 0.2) is 24.5 Å². The molecule has 0 aliphatic heterocycles. The van der Waals surface area contributed by atoms with Crippen LogP contribution in [0.2, 0.25) is 0 Å². The minimum absolute atomic E-state index is 0.856. The SMILES string of the molecule is Cc1nc2c(ccc3nccnc32)[nH]1. The second-order valence-electron chi connectivity index (χ2n) is 3.21. The van der Waals surface area contributed by atoms with Gasteiger partial charge in [-0.2, -0.15) is 0 Å². The third-order valence-corrected chi connectivity index (χ3v) is 2.21. The number of benzene rings is 1. The van der Waals surface area contributed by atoms with Crippen LogP contribution in [0.3, 0.4) is 0 Å². The lowest BCUT2D eigenvalue weighted by Crippen LogP contribution is -1.83. The van der Waals surface area contributed by atoms with Gasteiger partial charge in [0, 0.05) is 12.4 Å². The largest absolute Gasteiger partial charge is 0.342 e. The van der Waals surface area contributed by atoms with Gasteiger partial charge in [-0.1, -0.05) is 0 Å². The Morgan fingerprint density at radius 3 is 2.86 bits per heavy atom. The summed E-state index contributed by atoms with van der Waals surface area (Å²) < 4.78 is 0. The van der Waals surface area contributed by atoms with Crippen molar-refractivity contribution in [3.8, 4) is 0 Å². The maximum absolute atomic E-state index is 4.38. The lowest BCUT2D eigenvalue weighted by molar-refractivity contribution is 1.17. The molecule has 4 heteroatoms. The number of fused-ring (bicyclic) bond motifs is 3. The van der Waals surface area contributed by atoms with E-state index >= 15 is 0 Å². The molecule has 0 spiro atoms. The molecule has 1 aromatic carbocycles. The van der Waals surface area contributed by atoms with Gasteiger partial charge in [0.25, 0.3) is 0 Å². The number of imidazole rings is 1. The fourth-order valence-corrected chi connectivity index (χ4v) is 1.63. The third-order valence-electron chi connectivity index (χ3n) is 2.21. The van der Waals surface area contributed by atoms with Gasteiger partial charge >= 0.3 is 0 Å². The van der Waals surface area contributed by atoms with E-state index in [-0.39, 0.29) is 0 Å². The molecular weight excluding hydrogens is 176 g/mol. The van der Waals surface area contributed by atoms with Gasteiger partial charge in [-0.05, 0) is 19.1 Å². The highest BCUT2D eigenvalue weighted by Crippen LogP contribution is 2.19. The summed E-state index contributed by atoms with van der Waals surface area (Å²) >= 11 is 0. The summed E-state index contributed by atoms with van der Waals surface area (Å²) in [6.45, 7) is 1.93. The number of hydrogen-bond acceptors (Lipinski definition) is 3. The van der Waals surface area contributed by atoms with Crippen molar-refractivity contribution in [1.82, 2.24) is 19.9 Å². The molecule has 0 fully saturated rings. The van der Waals surface area contributed by atoms with Gasteiger partial charge in [0.15, 0.2) is 0 Å². The van der Waals surface area contributed by atoms with Crippen molar-refractivity contribution in [1.29, 1.82) is 0 Å². The van der Waals surface area contributed by atoms with Gasteiger partial charge < -0.3 is 4.98 Å². The molecule has 0 saturated carbocycles. The van der Waals surface area contributed by atoms with Crippen molar-refractivity contribution < 1.29 is 0 Å². The fraction of sp³-hybridized carbons (Fsp3) is 0.100. The van der Waals surface area contributed by atoms with Gasteiger partial charge in [-0.15, -0.1) is 0 Å². The van der Waals surface area contributed by atoms with E-state index in [4.69, 9.17) is 0 Å². The number of rotatable bonds is 0. The smallest absolute Gasteiger partial charge is 0.116 e. The van der Waals surface area contributed by atoms with E-state index < -0.39 is 0 Å². The number of aromatic amines is 1. The monoisotopic (exact) mass is 184 g/mol. The van der Waals surface area contributed by atoms with E-state index in [1.807, 2.05) is 19.1 Å². The zero-order valence-corrected chi connectivity index (χ0v) is 7.65. The van der Waals surface area contributed by atoms with Gasteiger partial charge in [0.1, 0.15) is 16.9 Å². The molecule has 0 radical (unpaired) electrons. The number of nitrogens with one attached hydrogen (secondary N) is 1. The quantitative estimate of drug-likeness (QED) is 0.579. The van der Waals surface area contributed by atoms with Crippen LogP contribution < -0.4 is 0 Å².